The molecule has 0 aliphatic heterocycles. The normalized spacial score (nSPS) is 17.9. The van der Waals surface area contributed by atoms with Gasteiger partial charge >= 0.3 is 0 Å². The SMILES string of the molecule is COc1cc(F)ccc1C1(CN)CC1. The lowest BCUT2D eigenvalue weighted by atomic mass is 9.95. The van der Waals surface area contributed by atoms with Crippen LogP contribution in [0.4, 0.5) is 4.39 Å². The molecule has 0 amide bonds. The largest absolute Gasteiger partial charge is 0.496 e. The van der Waals surface area contributed by atoms with Gasteiger partial charge in [-0.3, -0.25) is 0 Å². The number of halogens is 1. The molecule has 0 heterocycles. The lowest BCUT2D eigenvalue weighted by Gasteiger charge is -2.16. The first-order valence-electron chi connectivity index (χ1n) is 4.76. The molecule has 76 valence electrons. The zero-order valence-electron chi connectivity index (χ0n) is 8.22. The summed E-state index contributed by atoms with van der Waals surface area (Å²) in [5.41, 5.74) is 6.81. The van der Waals surface area contributed by atoms with Crippen molar-refractivity contribution >= 4 is 0 Å². The van der Waals surface area contributed by atoms with Crippen LogP contribution in [0.1, 0.15) is 18.4 Å². The van der Waals surface area contributed by atoms with E-state index in [9.17, 15) is 4.39 Å². The second kappa shape index (κ2) is 3.24. The Morgan fingerprint density at radius 2 is 2.21 bits per heavy atom. The zero-order valence-corrected chi connectivity index (χ0v) is 8.22. The molecule has 1 aromatic rings. The highest BCUT2D eigenvalue weighted by molar-refractivity contribution is 5.43. The van der Waals surface area contributed by atoms with Crippen molar-refractivity contribution in [1.82, 2.24) is 0 Å². The van der Waals surface area contributed by atoms with Crippen LogP contribution in [0.3, 0.4) is 0 Å². The van der Waals surface area contributed by atoms with E-state index in [1.54, 1.807) is 13.2 Å². The van der Waals surface area contributed by atoms with Crippen molar-refractivity contribution in [2.45, 2.75) is 18.3 Å². The van der Waals surface area contributed by atoms with E-state index in [0.29, 0.717) is 12.3 Å². The molecule has 3 heteroatoms. The third-order valence-corrected chi connectivity index (χ3v) is 2.98. The number of methoxy groups -OCH3 is 1. The molecular weight excluding hydrogens is 181 g/mol. The molecule has 1 aliphatic carbocycles. The number of hydrogen-bond donors (Lipinski definition) is 1. The Hall–Kier alpha value is -1.09. The summed E-state index contributed by atoms with van der Waals surface area (Å²) < 4.78 is 18.1. The first-order chi connectivity index (χ1) is 6.72. The summed E-state index contributed by atoms with van der Waals surface area (Å²) in [6.07, 6.45) is 2.15. The van der Waals surface area contributed by atoms with Crippen LogP contribution in [-0.2, 0) is 5.41 Å². The van der Waals surface area contributed by atoms with Gasteiger partial charge in [-0.05, 0) is 18.9 Å². The van der Waals surface area contributed by atoms with E-state index in [2.05, 4.69) is 0 Å². The first kappa shape index (κ1) is 9.46. The first-order valence-corrected chi connectivity index (χ1v) is 4.76. The van der Waals surface area contributed by atoms with Gasteiger partial charge in [0.1, 0.15) is 11.6 Å². The molecule has 1 saturated carbocycles. The van der Waals surface area contributed by atoms with E-state index < -0.39 is 0 Å². The maximum atomic E-state index is 12.9. The molecule has 2 rings (SSSR count). The van der Waals surface area contributed by atoms with Gasteiger partial charge in [-0.2, -0.15) is 0 Å². The average Bonchev–Trinajstić information content (AvgIpc) is 2.98. The predicted octanol–water partition coefficient (Wildman–Crippen LogP) is 1.82. The van der Waals surface area contributed by atoms with Gasteiger partial charge in [0.25, 0.3) is 0 Å². The molecule has 0 atom stereocenters. The molecule has 1 aliphatic rings. The second-order valence-electron chi connectivity index (χ2n) is 3.83. The minimum atomic E-state index is -0.265. The molecule has 0 aromatic heterocycles. The molecule has 0 saturated heterocycles. The Morgan fingerprint density at radius 3 is 2.71 bits per heavy atom. The number of hydrogen-bond acceptors (Lipinski definition) is 2. The molecule has 0 radical (unpaired) electrons. The standard InChI is InChI=1S/C11H14FNO/c1-14-10-6-8(12)2-3-9(10)11(7-13)4-5-11/h2-3,6H,4-5,7,13H2,1H3. The maximum Gasteiger partial charge on any atom is 0.126 e. The highest BCUT2D eigenvalue weighted by Crippen LogP contribution is 2.50. The van der Waals surface area contributed by atoms with Gasteiger partial charge in [-0.25, -0.2) is 4.39 Å². The molecule has 14 heavy (non-hydrogen) atoms. The fourth-order valence-electron chi connectivity index (χ4n) is 1.84. The number of ether oxygens (including phenoxy) is 1. The Kier molecular flexibility index (Phi) is 2.19. The second-order valence-corrected chi connectivity index (χ2v) is 3.83. The molecule has 1 fully saturated rings. The molecular formula is C11H14FNO. The van der Waals surface area contributed by atoms with Crippen LogP contribution in [0.2, 0.25) is 0 Å². The lowest BCUT2D eigenvalue weighted by Crippen LogP contribution is -2.20. The smallest absolute Gasteiger partial charge is 0.126 e. The zero-order chi connectivity index (χ0) is 10.2. The van der Waals surface area contributed by atoms with E-state index in [1.807, 2.05) is 0 Å². The summed E-state index contributed by atoms with van der Waals surface area (Å²) in [5.74, 6) is 0.353. The van der Waals surface area contributed by atoms with Crippen LogP contribution in [-0.4, -0.2) is 13.7 Å². The minimum Gasteiger partial charge on any atom is -0.496 e. The van der Waals surface area contributed by atoms with Crippen LogP contribution in [0.25, 0.3) is 0 Å². The Labute approximate surface area is 82.9 Å². The summed E-state index contributed by atoms with van der Waals surface area (Å²) in [4.78, 5) is 0. The number of benzene rings is 1. The van der Waals surface area contributed by atoms with Crippen molar-refractivity contribution in [1.29, 1.82) is 0 Å². The summed E-state index contributed by atoms with van der Waals surface area (Å²) in [7, 11) is 1.56. The predicted molar refractivity (Wildman–Crippen MR) is 52.9 cm³/mol. The Balaban J connectivity index is 2.42. The average molecular weight is 195 g/mol. The lowest BCUT2D eigenvalue weighted by molar-refractivity contribution is 0.400. The summed E-state index contributed by atoms with van der Waals surface area (Å²) in [6, 6.07) is 4.67. The van der Waals surface area contributed by atoms with Gasteiger partial charge in [0, 0.05) is 23.6 Å². The van der Waals surface area contributed by atoms with Crippen molar-refractivity contribution in [3.05, 3.63) is 29.6 Å². The van der Waals surface area contributed by atoms with Crippen LogP contribution in [0.5, 0.6) is 5.75 Å². The van der Waals surface area contributed by atoms with Crippen molar-refractivity contribution in [3.8, 4) is 5.75 Å². The van der Waals surface area contributed by atoms with Gasteiger partial charge in [0.15, 0.2) is 0 Å². The van der Waals surface area contributed by atoms with Gasteiger partial charge < -0.3 is 10.5 Å². The molecule has 0 bridgehead atoms. The quantitative estimate of drug-likeness (QED) is 0.798. The third kappa shape index (κ3) is 1.38. The summed E-state index contributed by atoms with van der Waals surface area (Å²) in [5, 5.41) is 0. The highest BCUT2D eigenvalue weighted by Gasteiger charge is 2.44. The van der Waals surface area contributed by atoms with Crippen molar-refractivity contribution in [3.63, 3.8) is 0 Å². The van der Waals surface area contributed by atoms with E-state index >= 15 is 0 Å². The summed E-state index contributed by atoms with van der Waals surface area (Å²) in [6.45, 7) is 0.606. The number of nitrogens with two attached hydrogens (primary N) is 1. The number of rotatable bonds is 3. The molecule has 2 N–H and O–H groups in total. The molecule has 1 aromatic carbocycles. The van der Waals surface area contributed by atoms with E-state index in [0.717, 1.165) is 18.4 Å². The fraction of sp³-hybridized carbons (Fsp3) is 0.455. The van der Waals surface area contributed by atoms with Crippen LogP contribution in [0, 0.1) is 5.82 Å². The van der Waals surface area contributed by atoms with E-state index in [-0.39, 0.29) is 11.2 Å². The Bertz CT molecular complexity index is 347. The van der Waals surface area contributed by atoms with Crippen molar-refractivity contribution in [2.24, 2.45) is 5.73 Å². The van der Waals surface area contributed by atoms with Crippen molar-refractivity contribution in [2.75, 3.05) is 13.7 Å². The third-order valence-electron chi connectivity index (χ3n) is 2.98. The van der Waals surface area contributed by atoms with Gasteiger partial charge in [-0.1, -0.05) is 6.07 Å². The Morgan fingerprint density at radius 1 is 1.50 bits per heavy atom. The van der Waals surface area contributed by atoms with Crippen LogP contribution < -0.4 is 10.5 Å². The molecule has 2 nitrogen and oxygen atoms in total. The highest BCUT2D eigenvalue weighted by atomic mass is 19.1. The van der Waals surface area contributed by atoms with Crippen LogP contribution >= 0.6 is 0 Å². The van der Waals surface area contributed by atoms with Crippen LogP contribution in [0.15, 0.2) is 18.2 Å². The summed E-state index contributed by atoms with van der Waals surface area (Å²) >= 11 is 0. The van der Waals surface area contributed by atoms with Crippen molar-refractivity contribution < 1.29 is 9.13 Å². The van der Waals surface area contributed by atoms with Gasteiger partial charge in [0.05, 0.1) is 7.11 Å². The minimum absolute atomic E-state index is 0.0546. The maximum absolute atomic E-state index is 12.9. The molecule has 0 unspecified atom stereocenters. The topological polar surface area (TPSA) is 35.2 Å². The fourth-order valence-corrected chi connectivity index (χ4v) is 1.84. The monoisotopic (exact) mass is 195 g/mol. The molecule has 0 spiro atoms. The van der Waals surface area contributed by atoms with E-state index in [4.69, 9.17) is 10.5 Å². The van der Waals surface area contributed by atoms with Gasteiger partial charge in [-0.15, -0.1) is 0 Å². The van der Waals surface area contributed by atoms with Gasteiger partial charge in [0.2, 0.25) is 0 Å². The van der Waals surface area contributed by atoms with E-state index in [1.165, 1.54) is 12.1 Å².